The van der Waals surface area contributed by atoms with Gasteiger partial charge in [0.2, 0.25) is 0 Å². The number of rotatable bonds is 3. The lowest BCUT2D eigenvalue weighted by Crippen LogP contribution is -2.26. The summed E-state index contributed by atoms with van der Waals surface area (Å²) < 4.78 is 5.75. The Balaban J connectivity index is 1.77. The number of carbonyl (C=O) groups excluding carboxylic acids is 1. The van der Waals surface area contributed by atoms with Gasteiger partial charge >= 0.3 is 0 Å². The van der Waals surface area contributed by atoms with Crippen molar-refractivity contribution in [3.8, 4) is 0 Å². The van der Waals surface area contributed by atoms with E-state index in [4.69, 9.17) is 16.0 Å². The van der Waals surface area contributed by atoms with E-state index in [-0.39, 0.29) is 11.9 Å². The van der Waals surface area contributed by atoms with Crippen LogP contribution < -0.4 is 5.32 Å². The molecule has 106 valence electrons. The summed E-state index contributed by atoms with van der Waals surface area (Å²) in [4.78, 5) is 12.2. The molecule has 0 aliphatic rings. The van der Waals surface area contributed by atoms with Gasteiger partial charge in [0.25, 0.3) is 5.91 Å². The van der Waals surface area contributed by atoms with Crippen molar-refractivity contribution in [3.63, 3.8) is 0 Å². The van der Waals surface area contributed by atoms with E-state index >= 15 is 0 Å². The maximum Gasteiger partial charge on any atom is 0.251 e. The third-order valence-electron chi connectivity index (χ3n) is 3.33. The lowest BCUT2D eigenvalue weighted by Gasteiger charge is -2.11. The first-order chi connectivity index (χ1) is 10.1. The van der Waals surface area contributed by atoms with Crippen molar-refractivity contribution in [1.82, 2.24) is 5.32 Å². The predicted molar refractivity (Wildman–Crippen MR) is 83.5 cm³/mol. The van der Waals surface area contributed by atoms with Gasteiger partial charge in [-0.05, 0) is 43.3 Å². The number of para-hydroxylation sites is 1. The van der Waals surface area contributed by atoms with Gasteiger partial charge in [-0.2, -0.15) is 0 Å². The van der Waals surface area contributed by atoms with Crippen LogP contribution >= 0.6 is 11.6 Å². The molecule has 21 heavy (non-hydrogen) atoms. The summed E-state index contributed by atoms with van der Waals surface area (Å²) in [7, 11) is 0. The van der Waals surface area contributed by atoms with E-state index < -0.39 is 0 Å². The average molecular weight is 300 g/mol. The molecule has 4 heteroatoms. The quantitative estimate of drug-likeness (QED) is 0.769. The van der Waals surface area contributed by atoms with Gasteiger partial charge < -0.3 is 9.73 Å². The van der Waals surface area contributed by atoms with E-state index in [9.17, 15) is 4.79 Å². The molecule has 1 aromatic heterocycles. The zero-order valence-corrected chi connectivity index (χ0v) is 12.2. The number of benzene rings is 2. The summed E-state index contributed by atoms with van der Waals surface area (Å²) in [5.41, 5.74) is 1.39. The molecule has 0 saturated carbocycles. The molecule has 0 saturated heterocycles. The Morgan fingerprint density at radius 3 is 2.57 bits per heavy atom. The molecule has 3 rings (SSSR count). The van der Waals surface area contributed by atoms with Crippen molar-refractivity contribution in [2.45, 2.75) is 13.0 Å². The number of nitrogens with one attached hydrogen (secondary N) is 1. The van der Waals surface area contributed by atoms with Gasteiger partial charge in [-0.15, -0.1) is 0 Å². The van der Waals surface area contributed by atoms with Crippen LogP contribution in [-0.4, -0.2) is 5.91 Å². The Bertz CT molecular complexity index is 744. The maximum absolute atomic E-state index is 12.2. The monoisotopic (exact) mass is 299 g/mol. The highest BCUT2D eigenvalue weighted by Gasteiger charge is 2.15. The van der Waals surface area contributed by atoms with E-state index in [2.05, 4.69) is 5.32 Å². The minimum Gasteiger partial charge on any atom is -0.459 e. The molecule has 0 aliphatic carbocycles. The molecule has 0 fully saturated rings. The summed E-state index contributed by atoms with van der Waals surface area (Å²) in [6, 6.07) is 16.3. The van der Waals surface area contributed by atoms with Gasteiger partial charge in [-0.3, -0.25) is 4.79 Å². The van der Waals surface area contributed by atoms with Gasteiger partial charge in [0.15, 0.2) is 0 Å². The first-order valence-corrected chi connectivity index (χ1v) is 7.06. The molecular formula is C17H14ClNO2. The van der Waals surface area contributed by atoms with Gasteiger partial charge in [0.1, 0.15) is 11.3 Å². The van der Waals surface area contributed by atoms with Crippen molar-refractivity contribution in [2.24, 2.45) is 0 Å². The van der Waals surface area contributed by atoms with Crippen LogP contribution in [0.25, 0.3) is 11.0 Å². The summed E-state index contributed by atoms with van der Waals surface area (Å²) in [5.74, 6) is 0.582. The summed E-state index contributed by atoms with van der Waals surface area (Å²) in [5, 5.41) is 4.55. The molecule has 1 amide bonds. The van der Waals surface area contributed by atoms with E-state index in [1.165, 1.54) is 0 Å². The van der Waals surface area contributed by atoms with Crippen molar-refractivity contribution in [1.29, 1.82) is 0 Å². The van der Waals surface area contributed by atoms with Crippen LogP contribution in [0.4, 0.5) is 0 Å². The molecule has 1 unspecified atom stereocenters. The molecule has 3 aromatic rings. The Morgan fingerprint density at radius 1 is 1.14 bits per heavy atom. The van der Waals surface area contributed by atoms with Crippen LogP contribution in [0.2, 0.25) is 5.02 Å². The van der Waals surface area contributed by atoms with Crippen molar-refractivity contribution in [2.75, 3.05) is 0 Å². The van der Waals surface area contributed by atoms with Gasteiger partial charge in [0.05, 0.1) is 6.04 Å². The van der Waals surface area contributed by atoms with Crippen molar-refractivity contribution in [3.05, 3.63) is 70.9 Å². The third-order valence-corrected chi connectivity index (χ3v) is 3.58. The fourth-order valence-electron chi connectivity index (χ4n) is 2.17. The Kier molecular flexibility index (Phi) is 3.67. The number of amides is 1. The normalized spacial score (nSPS) is 12.3. The van der Waals surface area contributed by atoms with E-state index in [0.717, 1.165) is 16.7 Å². The Hall–Kier alpha value is -2.26. The van der Waals surface area contributed by atoms with E-state index in [0.29, 0.717) is 10.6 Å². The largest absolute Gasteiger partial charge is 0.459 e. The minimum atomic E-state index is -0.208. The summed E-state index contributed by atoms with van der Waals surface area (Å²) in [6.45, 7) is 1.89. The van der Waals surface area contributed by atoms with Crippen LogP contribution in [0.3, 0.4) is 0 Å². The number of carbonyl (C=O) groups is 1. The van der Waals surface area contributed by atoms with Crippen LogP contribution in [0, 0.1) is 0 Å². The first-order valence-electron chi connectivity index (χ1n) is 6.68. The van der Waals surface area contributed by atoms with Gasteiger partial charge in [-0.25, -0.2) is 0 Å². The summed E-state index contributed by atoms with van der Waals surface area (Å²) in [6.07, 6.45) is 0. The molecule has 3 nitrogen and oxygen atoms in total. The number of hydrogen-bond acceptors (Lipinski definition) is 2. The second-order valence-electron chi connectivity index (χ2n) is 4.89. The second kappa shape index (κ2) is 5.62. The fraction of sp³-hybridized carbons (Fsp3) is 0.118. The first kappa shape index (κ1) is 13.7. The van der Waals surface area contributed by atoms with Crippen molar-refractivity contribution >= 4 is 28.5 Å². The van der Waals surface area contributed by atoms with Crippen LogP contribution in [0.1, 0.15) is 29.1 Å². The summed E-state index contributed by atoms with van der Waals surface area (Å²) >= 11 is 5.82. The van der Waals surface area contributed by atoms with Crippen molar-refractivity contribution < 1.29 is 9.21 Å². The molecule has 0 spiro atoms. The fourth-order valence-corrected chi connectivity index (χ4v) is 2.29. The Labute approximate surface area is 127 Å². The smallest absolute Gasteiger partial charge is 0.251 e. The number of fused-ring (bicyclic) bond motifs is 1. The minimum absolute atomic E-state index is 0.153. The van der Waals surface area contributed by atoms with Gasteiger partial charge in [-0.1, -0.05) is 29.8 Å². The maximum atomic E-state index is 12.2. The lowest BCUT2D eigenvalue weighted by atomic mass is 10.1. The number of halogens is 1. The standard InChI is InChI=1S/C17H14ClNO2/c1-11(16-10-13-4-2-3-5-15(13)21-16)19-17(20)12-6-8-14(18)9-7-12/h2-11H,1H3,(H,19,20). The lowest BCUT2D eigenvalue weighted by molar-refractivity contribution is 0.0935. The molecule has 0 radical (unpaired) electrons. The number of furan rings is 1. The van der Waals surface area contributed by atoms with E-state index in [1.807, 2.05) is 37.3 Å². The molecule has 1 N–H and O–H groups in total. The molecule has 0 aliphatic heterocycles. The highest BCUT2D eigenvalue weighted by molar-refractivity contribution is 6.30. The van der Waals surface area contributed by atoms with Gasteiger partial charge in [0, 0.05) is 16.0 Å². The zero-order valence-electron chi connectivity index (χ0n) is 11.5. The third kappa shape index (κ3) is 2.93. The number of hydrogen-bond donors (Lipinski definition) is 1. The highest BCUT2D eigenvalue weighted by Crippen LogP contribution is 2.23. The SMILES string of the molecule is CC(NC(=O)c1ccc(Cl)cc1)c1cc2ccccc2o1. The van der Waals surface area contributed by atoms with Crippen LogP contribution in [0.15, 0.2) is 59.0 Å². The van der Waals surface area contributed by atoms with Crippen LogP contribution in [0.5, 0.6) is 0 Å². The highest BCUT2D eigenvalue weighted by atomic mass is 35.5. The predicted octanol–water partition coefficient (Wildman–Crippen LogP) is 4.58. The molecular weight excluding hydrogens is 286 g/mol. The Morgan fingerprint density at radius 2 is 1.86 bits per heavy atom. The van der Waals surface area contributed by atoms with Crippen LogP contribution in [-0.2, 0) is 0 Å². The second-order valence-corrected chi connectivity index (χ2v) is 5.33. The van der Waals surface area contributed by atoms with E-state index in [1.54, 1.807) is 24.3 Å². The molecule has 0 bridgehead atoms. The molecule has 1 atom stereocenters. The zero-order chi connectivity index (χ0) is 14.8. The molecule has 2 aromatic carbocycles. The molecule has 1 heterocycles. The topological polar surface area (TPSA) is 42.2 Å². The average Bonchev–Trinajstić information content (AvgIpc) is 2.92.